The van der Waals surface area contributed by atoms with Gasteiger partial charge in [-0.05, 0) is 18.4 Å². The average Bonchev–Trinajstić information content (AvgIpc) is 3.57. The molecule has 0 saturated carbocycles. The summed E-state index contributed by atoms with van der Waals surface area (Å²) in [6, 6.07) is 8.51. The number of rotatable bonds is 7. The topological polar surface area (TPSA) is 89.5 Å². The van der Waals surface area contributed by atoms with E-state index in [0.29, 0.717) is 5.13 Å². The minimum Gasteiger partial charge on any atom is -0.379 e. The smallest absolute Gasteiger partial charge is 0.232 e. The van der Waals surface area contributed by atoms with E-state index in [-0.39, 0.29) is 18.4 Å². The number of ether oxygens (including phenoxy) is 2. The predicted octanol–water partition coefficient (Wildman–Crippen LogP) is 3.53. The molecule has 0 spiro atoms. The maximum Gasteiger partial charge on any atom is 0.232 e. The Bertz CT molecular complexity index is 1040. The average molecular weight is 472 g/mol. The molecule has 3 aromatic rings. The van der Waals surface area contributed by atoms with Crippen molar-refractivity contribution in [3.63, 3.8) is 0 Å². The summed E-state index contributed by atoms with van der Waals surface area (Å²) in [7, 11) is 0. The van der Waals surface area contributed by atoms with Crippen LogP contribution in [0.2, 0.25) is 0 Å². The highest BCUT2D eigenvalue weighted by molar-refractivity contribution is 7.15. The van der Waals surface area contributed by atoms with Crippen LogP contribution in [-0.2, 0) is 27.2 Å². The first-order chi connectivity index (χ1) is 15.7. The molecule has 2 aliphatic heterocycles. The number of benzene rings is 1. The predicted molar refractivity (Wildman–Crippen MR) is 124 cm³/mol. The van der Waals surface area contributed by atoms with E-state index in [1.165, 1.54) is 16.9 Å². The first-order valence-corrected chi connectivity index (χ1v) is 12.5. The Morgan fingerprint density at radius 1 is 1.16 bits per heavy atom. The molecule has 0 radical (unpaired) electrons. The van der Waals surface area contributed by atoms with Gasteiger partial charge in [-0.1, -0.05) is 35.6 Å². The molecule has 0 aliphatic carbocycles. The van der Waals surface area contributed by atoms with Crippen LogP contribution < -0.4 is 5.32 Å². The van der Waals surface area contributed by atoms with Crippen LogP contribution in [0, 0.1) is 0 Å². The molecule has 1 aromatic carbocycles. The minimum atomic E-state index is -0.141. The molecule has 168 valence electrons. The van der Waals surface area contributed by atoms with Crippen molar-refractivity contribution in [1.29, 1.82) is 0 Å². The molecule has 1 amide bonds. The molecule has 1 unspecified atom stereocenters. The van der Waals surface area contributed by atoms with Crippen molar-refractivity contribution in [3.8, 4) is 10.6 Å². The highest BCUT2D eigenvalue weighted by atomic mass is 32.1. The normalized spacial score (nSPS) is 19.3. The van der Waals surface area contributed by atoms with Gasteiger partial charge in [0.15, 0.2) is 0 Å². The van der Waals surface area contributed by atoms with Crippen molar-refractivity contribution in [3.05, 3.63) is 45.9 Å². The summed E-state index contributed by atoms with van der Waals surface area (Å²) >= 11 is 2.93. The number of nitrogens with one attached hydrogen (secondary N) is 1. The molecule has 2 aromatic heterocycles. The zero-order chi connectivity index (χ0) is 21.8. The van der Waals surface area contributed by atoms with Crippen LogP contribution in [0.3, 0.4) is 0 Å². The van der Waals surface area contributed by atoms with E-state index < -0.39 is 0 Å². The van der Waals surface area contributed by atoms with E-state index >= 15 is 0 Å². The van der Waals surface area contributed by atoms with E-state index in [0.717, 1.165) is 73.6 Å². The first kappa shape index (κ1) is 21.6. The number of hydrogen-bond acceptors (Lipinski definition) is 9. The SMILES string of the molecule is O=C(Cc1csc(-c2ccc(CN3CCOCC3)cc2)n1)Nc1nnc(C2CCCO2)s1. The third kappa shape index (κ3) is 5.38. The molecule has 4 heterocycles. The summed E-state index contributed by atoms with van der Waals surface area (Å²) in [6.07, 6.45) is 2.22. The fraction of sp³-hybridized carbons (Fsp3) is 0.455. The van der Waals surface area contributed by atoms with Gasteiger partial charge in [0, 0.05) is 37.2 Å². The van der Waals surface area contributed by atoms with Crippen LogP contribution >= 0.6 is 22.7 Å². The van der Waals surface area contributed by atoms with Gasteiger partial charge in [0.2, 0.25) is 11.0 Å². The van der Waals surface area contributed by atoms with Gasteiger partial charge in [0.1, 0.15) is 16.1 Å². The van der Waals surface area contributed by atoms with E-state index in [1.807, 2.05) is 5.38 Å². The maximum atomic E-state index is 12.4. The van der Waals surface area contributed by atoms with Gasteiger partial charge >= 0.3 is 0 Å². The second kappa shape index (κ2) is 10.1. The number of carbonyl (C=O) groups is 1. The van der Waals surface area contributed by atoms with Crippen molar-refractivity contribution < 1.29 is 14.3 Å². The van der Waals surface area contributed by atoms with Gasteiger partial charge in [0.05, 0.1) is 25.3 Å². The number of thiazole rings is 1. The molecule has 2 fully saturated rings. The molecule has 10 heteroatoms. The summed E-state index contributed by atoms with van der Waals surface area (Å²) in [5, 5.41) is 15.2. The standard InChI is InChI=1S/C22H25N5O3S2/c28-19(24-22-26-25-21(32-22)18-2-1-9-30-18)12-17-14-31-20(23-17)16-5-3-15(4-6-16)13-27-7-10-29-11-8-27/h3-6,14,18H,1-2,7-13H2,(H,24,26,28). The Morgan fingerprint density at radius 3 is 2.78 bits per heavy atom. The molecule has 0 bridgehead atoms. The van der Waals surface area contributed by atoms with Crippen LogP contribution in [0.25, 0.3) is 10.6 Å². The van der Waals surface area contributed by atoms with Crippen LogP contribution in [0.1, 0.15) is 35.2 Å². The summed E-state index contributed by atoms with van der Waals surface area (Å²) in [4.78, 5) is 19.5. The molecule has 2 aliphatic rings. The highest BCUT2D eigenvalue weighted by Crippen LogP contribution is 2.32. The van der Waals surface area contributed by atoms with Gasteiger partial charge in [-0.25, -0.2) is 4.98 Å². The fourth-order valence-electron chi connectivity index (χ4n) is 3.81. The van der Waals surface area contributed by atoms with Crippen molar-refractivity contribution in [2.45, 2.75) is 31.9 Å². The largest absolute Gasteiger partial charge is 0.379 e. The second-order valence-corrected chi connectivity index (χ2v) is 9.77. The molecule has 5 rings (SSSR count). The third-order valence-corrected chi connectivity index (χ3v) is 7.37. The molecule has 1 N–H and O–H groups in total. The Labute approximate surface area is 194 Å². The summed E-state index contributed by atoms with van der Waals surface area (Å²) in [5.41, 5.74) is 3.10. The summed E-state index contributed by atoms with van der Waals surface area (Å²) < 4.78 is 11.0. The van der Waals surface area contributed by atoms with Crippen molar-refractivity contribution >= 4 is 33.7 Å². The number of morpholine rings is 1. The number of aromatic nitrogens is 3. The van der Waals surface area contributed by atoms with Crippen LogP contribution in [0.5, 0.6) is 0 Å². The summed E-state index contributed by atoms with van der Waals surface area (Å²) in [6.45, 7) is 5.27. The van der Waals surface area contributed by atoms with E-state index in [4.69, 9.17) is 9.47 Å². The molecule has 8 nitrogen and oxygen atoms in total. The molecule has 32 heavy (non-hydrogen) atoms. The Hall–Kier alpha value is -2.24. The number of anilines is 1. The van der Waals surface area contributed by atoms with Gasteiger partial charge in [-0.2, -0.15) is 0 Å². The lowest BCUT2D eigenvalue weighted by Crippen LogP contribution is -2.35. The monoisotopic (exact) mass is 471 g/mol. The zero-order valence-electron chi connectivity index (χ0n) is 17.7. The number of hydrogen-bond donors (Lipinski definition) is 1. The quantitative estimate of drug-likeness (QED) is 0.564. The Kier molecular flexibility index (Phi) is 6.84. The molecular formula is C22H25N5O3S2. The van der Waals surface area contributed by atoms with E-state index in [2.05, 4.69) is 49.7 Å². The van der Waals surface area contributed by atoms with Gasteiger partial charge < -0.3 is 14.8 Å². The number of amides is 1. The molecular weight excluding hydrogens is 446 g/mol. The second-order valence-electron chi connectivity index (χ2n) is 7.90. The Balaban J connectivity index is 1.15. The van der Waals surface area contributed by atoms with E-state index in [9.17, 15) is 4.79 Å². The van der Waals surface area contributed by atoms with Crippen LogP contribution in [0.15, 0.2) is 29.6 Å². The van der Waals surface area contributed by atoms with Crippen molar-refractivity contribution in [1.82, 2.24) is 20.1 Å². The zero-order valence-corrected chi connectivity index (χ0v) is 19.3. The highest BCUT2D eigenvalue weighted by Gasteiger charge is 2.22. The molecule has 1 atom stereocenters. The van der Waals surface area contributed by atoms with Crippen molar-refractivity contribution in [2.75, 3.05) is 38.2 Å². The van der Waals surface area contributed by atoms with Crippen molar-refractivity contribution in [2.24, 2.45) is 0 Å². The van der Waals surface area contributed by atoms with Gasteiger partial charge in [-0.15, -0.1) is 21.5 Å². The van der Waals surface area contributed by atoms with Gasteiger partial charge in [-0.3, -0.25) is 9.69 Å². The number of carbonyl (C=O) groups excluding carboxylic acids is 1. The lowest BCUT2D eigenvalue weighted by molar-refractivity contribution is -0.115. The van der Waals surface area contributed by atoms with Crippen LogP contribution in [0.4, 0.5) is 5.13 Å². The third-order valence-electron chi connectivity index (χ3n) is 5.50. The Morgan fingerprint density at radius 2 is 2.00 bits per heavy atom. The summed E-state index contributed by atoms with van der Waals surface area (Å²) in [5.74, 6) is -0.141. The van der Waals surface area contributed by atoms with Gasteiger partial charge in [0.25, 0.3) is 0 Å². The number of nitrogens with zero attached hydrogens (tertiary/aromatic N) is 4. The van der Waals surface area contributed by atoms with E-state index in [1.54, 1.807) is 11.3 Å². The lowest BCUT2D eigenvalue weighted by Gasteiger charge is -2.26. The lowest BCUT2D eigenvalue weighted by atomic mass is 10.1. The van der Waals surface area contributed by atoms with Crippen LogP contribution in [-0.4, -0.2) is 58.9 Å². The maximum absolute atomic E-state index is 12.4. The fourth-order valence-corrected chi connectivity index (χ4v) is 5.48. The molecule has 2 saturated heterocycles. The first-order valence-electron chi connectivity index (χ1n) is 10.8. The minimum absolute atomic E-state index is 0.0134.